The highest BCUT2D eigenvalue weighted by atomic mass is 79.9. The van der Waals surface area contributed by atoms with Gasteiger partial charge in [-0.1, -0.05) is 34.1 Å². The highest BCUT2D eigenvalue weighted by Gasteiger charge is 2.09. The number of benzene rings is 2. The molecule has 2 rings (SSSR count). The van der Waals surface area contributed by atoms with Gasteiger partial charge in [-0.15, -0.1) is 0 Å². The Hall–Kier alpha value is -1.33. The van der Waals surface area contributed by atoms with E-state index in [0.717, 1.165) is 14.7 Å². The van der Waals surface area contributed by atoms with E-state index in [-0.39, 0.29) is 5.91 Å². The van der Waals surface area contributed by atoms with Gasteiger partial charge in [-0.05, 0) is 46.3 Å². The summed E-state index contributed by atoms with van der Waals surface area (Å²) in [4.78, 5) is 12.0. The van der Waals surface area contributed by atoms with Gasteiger partial charge in [0, 0.05) is 8.95 Å². The maximum absolute atomic E-state index is 12.0. The summed E-state index contributed by atoms with van der Waals surface area (Å²) in [5, 5.41) is 2.82. The van der Waals surface area contributed by atoms with E-state index in [2.05, 4.69) is 37.2 Å². The number of carbonyl (C=O) groups excluding carboxylic acids is 1. The lowest BCUT2D eigenvalue weighted by Crippen LogP contribution is -2.28. The van der Waals surface area contributed by atoms with Crippen LogP contribution in [0.1, 0.15) is 10.4 Å². The van der Waals surface area contributed by atoms with Gasteiger partial charge < -0.3 is 10.1 Å². The third-order valence-corrected chi connectivity index (χ3v) is 3.76. The Balaban J connectivity index is 1.82. The summed E-state index contributed by atoms with van der Waals surface area (Å²) in [7, 11) is 0. The number of halogens is 2. The van der Waals surface area contributed by atoms with Crippen molar-refractivity contribution in [2.24, 2.45) is 0 Å². The molecule has 3 nitrogen and oxygen atoms in total. The molecule has 0 bridgehead atoms. The van der Waals surface area contributed by atoms with Crippen molar-refractivity contribution in [2.75, 3.05) is 13.2 Å². The Morgan fingerprint density at radius 1 is 1.10 bits per heavy atom. The van der Waals surface area contributed by atoms with Crippen molar-refractivity contribution in [2.45, 2.75) is 0 Å². The predicted molar refractivity (Wildman–Crippen MR) is 86.1 cm³/mol. The SMILES string of the molecule is O=C(NCCOc1ccccc1)c1cc(Br)ccc1Br. The molecule has 0 radical (unpaired) electrons. The number of hydrogen-bond acceptors (Lipinski definition) is 2. The second-order valence-corrected chi connectivity index (χ2v) is 5.81. The van der Waals surface area contributed by atoms with Crippen LogP contribution in [0.25, 0.3) is 0 Å². The Labute approximate surface area is 134 Å². The molecule has 20 heavy (non-hydrogen) atoms. The molecular weight excluding hydrogens is 386 g/mol. The number of amides is 1. The first kappa shape index (κ1) is 15.1. The Morgan fingerprint density at radius 3 is 2.60 bits per heavy atom. The largest absolute Gasteiger partial charge is 0.492 e. The molecule has 104 valence electrons. The van der Waals surface area contributed by atoms with Crippen LogP contribution in [-0.2, 0) is 0 Å². The van der Waals surface area contributed by atoms with Crippen LogP contribution < -0.4 is 10.1 Å². The van der Waals surface area contributed by atoms with Crippen LogP contribution >= 0.6 is 31.9 Å². The summed E-state index contributed by atoms with van der Waals surface area (Å²) >= 11 is 6.72. The first-order valence-corrected chi connectivity index (χ1v) is 7.66. The van der Waals surface area contributed by atoms with E-state index < -0.39 is 0 Å². The second kappa shape index (κ2) is 7.45. The number of hydrogen-bond donors (Lipinski definition) is 1. The monoisotopic (exact) mass is 397 g/mol. The lowest BCUT2D eigenvalue weighted by atomic mass is 10.2. The van der Waals surface area contributed by atoms with E-state index in [9.17, 15) is 4.79 Å². The maximum atomic E-state index is 12.0. The van der Waals surface area contributed by atoms with E-state index in [1.807, 2.05) is 42.5 Å². The Kier molecular flexibility index (Phi) is 5.61. The minimum Gasteiger partial charge on any atom is -0.492 e. The maximum Gasteiger partial charge on any atom is 0.252 e. The molecular formula is C15H13Br2NO2. The Morgan fingerprint density at radius 2 is 1.85 bits per heavy atom. The van der Waals surface area contributed by atoms with Crippen molar-refractivity contribution in [3.63, 3.8) is 0 Å². The van der Waals surface area contributed by atoms with Gasteiger partial charge >= 0.3 is 0 Å². The van der Waals surface area contributed by atoms with Crippen molar-refractivity contribution >= 4 is 37.8 Å². The quantitative estimate of drug-likeness (QED) is 0.772. The normalized spacial score (nSPS) is 10.1. The number of para-hydroxylation sites is 1. The molecule has 0 aliphatic rings. The zero-order valence-corrected chi connectivity index (χ0v) is 13.8. The topological polar surface area (TPSA) is 38.3 Å². The van der Waals surface area contributed by atoms with E-state index in [4.69, 9.17) is 4.74 Å². The molecule has 0 aliphatic carbocycles. The number of rotatable bonds is 5. The lowest BCUT2D eigenvalue weighted by Gasteiger charge is -2.09. The van der Waals surface area contributed by atoms with Crippen molar-refractivity contribution < 1.29 is 9.53 Å². The van der Waals surface area contributed by atoms with Gasteiger partial charge in [-0.2, -0.15) is 0 Å². The third-order valence-electron chi connectivity index (χ3n) is 2.57. The summed E-state index contributed by atoms with van der Waals surface area (Å²) in [6.45, 7) is 0.883. The first-order valence-electron chi connectivity index (χ1n) is 6.08. The summed E-state index contributed by atoms with van der Waals surface area (Å²) in [6.07, 6.45) is 0. The fourth-order valence-electron chi connectivity index (χ4n) is 1.62. The zero-order chi connectivity index (χ0) is 14.4. The number of nitrogens with one attached hydrogen (secondary N) is 1. The molecule has 2 aromatic rings. The van der Waals surface area contributed by atoms with Crippen LogP contribution in [0.2, 0.25) is 0 Å². The predicted octanol–water partition coefficient (Wildman–Crippen LogP) is 4.02. The molecule has 0 saturated carbocycles. The van der Waals surface area contributed by atoms with E-state index in [1.165, 1.54) is 0 Å². The van der Waals surface area contributed by atoms with Crippen LogP contribution in [0.4, 0.5) is 0 Å². The molecule has 0 unspecified atom stereocenters. The molecule has 2 aromatic carbocycles. The number of carbonyl (C=O) groups is 1. The van der Waals surface area contributed by atoms with Gasteiger partial charge in [0.15, 0.2) is 0 Å². The summed E-state index contributed by atoms with van der Waals surface area (Å²) in [5.41, 5.74) is 0.596. The lowest BCUT2D eigenvalue weighted by molar-refractivity contribution is 0.0946. The van der Waals surface area contributed by atoms with E-state index in [1.54, 1.807) is 6.07 Å². The summed E-state index contributed by atoms with van der Waals surface area (Å²) < 4.78 is 7.14. The second-order valence-electron chi connectivity index (χ2n) is 4.04. The molecule has 0 aliphatic heterocycles. The van der Waals surface area contributed by atoms with Gasteiger partial charge in [0.1, 0.15) is 12.4 Å². The highest BCUT2D eigenvalue weighted by Crippen LogP contribution is 2.21. The molecule has 0 aromatic heterocycles. The van der Waals surface area contributed by atoms with Gasteiger partial charge in [0.25, 0.3) is 5.91 Å². The van der Waals surface area contributed by atoms with Crippen molar-refractivity contribution in [3.8, 4) is 5.75 Å². The number of ether oxygens (including phenoxy) is 1. The van der Waals surface area contributed by atoms with Crippen LogP contribution in [0.15, 0.2) is 57.5 Å². The molecule has 0 saturated heterocycles. The van der Waals surface area contributed by atoms with Gasteiger partial charge in [0.05, 0.1) is 12.1 Å². The van der Waals surface area contributed by atoms with Gasteiger partial charge in [0.2, 0.25) is 0 Å². The minimum absolute atomic E-state index is 0.130. The smallest absolute Gasteiger partial charge is 0.252 e. The molecule has 5 heteroatoms. The fourth-order valence-corrected chi connectivity index (χ4v) is 2.40. The molecule has 0 heterocycles. The standard InChI is InChI=1S/C15H13Br2NO2/c16-11-6-7-14(17)13(10-11)15(19)18-8-9-20-12-4-2-1-3-5-12/h1-7,10H,8-9H2,(H,18,19). The zero-order valence-electron chi connectivity index (χ0n) is 10.6. The van der Waals surface area contributed by atoms with Crippen molar-refractivity contribution in [3.05, 3.63) is 63.0 Å². The van der Waals surface area contributed by atoms with Crippen LogP contribution in [0.3, 0.4) is 0 Å². The third kappa shape index (κ3) is 4.35. The van der Waals surface area contributed by atoms with Crippen LogP contribution in [0, 0.1) is 0 Å². The first-order chi connectivity index (χ1) is 9.66. The molecule has 1 amide bonds. The molecule has 0 fully saturated rings. The van der Waals surface area contributed by atoms with Crippen molar-refractivity contribution in [1.29, 1.82) is 0 Å². The molecule has 1 N–H and O–H groups in total. The average molecular weight is 399 g/mol. The average Bonchev–Trinajstić information content (AvgIpc) is 2.47. The van der Waals surface area contributed by atoms with Crippen LogP contribution in [-0.4, -0.2) is 19.1 Å². The summed E-state index contributed by atoms with van der Waals surface area (Å²) in [6, 6.07) is 15.0. The van der Waals surface area contributed by atoms with E-state index in [0.29, 0.717) is 18.7 Å². The van der Waals surface area contributed by atoms with Gasteiger partial charge in [-0.25, -0.2) is 0 Å². The van der Waals surface area contributed by atoms with Gasteiger partial charge in [-0.3, -0.25) is 4.79 Å². The van der Waals surface area contributed by atoms with E-state index >= 15 is 0 Å². The summed E-state index contributed by atoms with van der Waals surface area (Å²) in [5.74, 6) is 0.667. The van der Waals surface area contributed by atoms with Crippen molar-refractivity contribution in [1.82, 2.24) is 5.32 Å². The molecule has 0 atom stereocenters. The minimum atomic E-state index is -0.130. The molecule has 0 spiro atoms. The van der Waals surface area contributed by atoms with Crippen LogP contribution in [0.5, 0.6) is 5.75 Å². The fraction of sp³-hybridized carbons (Fsp3) is 0.133. The Bertz CT molecular complexity index is 588. The highest BCUT2D eigenvalue weighted by molar-refractivity contribution is 9.11.